The van der Waals surface area contributed by atoms with Gasteiger partial charge in [0.15, 0.2) is 0 Å². The number of hydrogen-bond donors (Lipinski definition) is 0. The predicted octanol–water partition coefficient (Wildman–Crippen LogP) is 5.61. The summed E-state index contributed by atoms with van der Waals surface area (Å²) in [5, 5.41) is 0.122. The van der Waals surface area contributed by atoms with Crippen molar-refractivity contribution >= 4 is 11.6 Å². The fourth-order valence-electron chi connectivity index (χ4n) is 2.05. The molecule has 0 unspecified atom stereocenters. The first-order valence-electron chi connectivity index (χ1n) is 7.25. The second kappa shape index (κ2) is 7.86. The van der Waals surface area contributed by atoms with Crippen molar-refractivity contribution in [1.82, 2.24) is 0 Å². The lowest BCUT2D eigenvalue weighted by atomic mass is 10.1. The molecular weight excluding hydrogens is 283 g/mol. The van der Waals surface area contributed by atoms with Gasteiger partial charge in [-0.3, -0.25) is 0 Å². The average Bonchev–Trinajstić information content (AvgIpc) is 2.50. The van der Waals surface area contributed by atoms with Crippen molar-refractivity contribution in [2.75, 3.05) is 0 Å². The van der Waals surface area contributed by atoms with E-state index in [1.54, 1.807) is 6.07 Å². The first kappa shape index (κ1) is 15.6. The highest BCUT2D eigenvalue weighted by Gasteiger charge is 1.98. The highest BCUT2D eigenvalue weighted by atomic mass is 35.5. The maximum atomic E-state index is 13.3. The molecular formula is C19H18ClF. The van der Waals surface area contributed by atoms with Crippen LogP contribution < -0.4 is 0 Å². The van der Waals surface area contributed by atoms with Crippen LogP contribution in [0.5, 0.6) is 0 Å². The van der Waals surface area contributed by atoms with Gasteiger partial charge in [-0.1, -0.05) is 55.3 Å². The lowest BCUT2D eigenvalue weighted by Crippen LogP contribution is -1.86. The molecule has 2 heteroatoms. The molecule has 21 heavy (non-hydrogen) atoms. The summed E-state index contributed by atoms with van der Waals surface area (Å²) >= 11 is 5.64. The first-order chi connectivity index (χ1) is 10.2. The van der Waals surface area contributed by atoms with Gasteiger partial charge in [-0.25, -0.2) is 4.39 Å². The SMILES string of the molecule is CCCCCc1ccc(C#Cc2ccc(Cl)c(F)c2)cc1. The third kappa shape index (κ3) is 4.92. The van der Waals surface area contributed by atoms with Crippen LogP contribution in [0.3, 0.4) is 0 Å². The van der Waals surface area contributed by atoms with Gasteiger partial charge in [-0.2, -0.15) is 0 Å². The van der Waals surface area contributed by atoms with Gasteiger partial charge in [0.25, 0.3) is 0 Å². The summed E-state index contributed by atoms with van der Waals surface area (Å²) in [4.78, 5) is 0. The minimum absolute atomic E-state index is 0.122. The summed E-state index contributed by atoms with van der Waals surface area (Å²) in [6, 6.07) is 12.9. The van der Waals surface area contributed by atoms with Crippen molar-refractivity contribution in [2.24, 2.45) is 0 Å². The summed E-state index contributed by atoms with van der Waals surface area (Å²) < 4.78 is 13.3. The van der Waals surface area contributed by atoms with Crippen LogP contribution in [0.2, 0.25) is 5.02 Å². The van der Waals surface area contributed by atoms with Gasteiger partial charge >= 0.3 is 0 Å². The molecule has 0 saturated heterocycles. The van der Waals surface area contributed by atoms with E-state index in [9.17, 15) is 4.39 Å². The van der Waals surface area contributed by atoms with Gasteiger partial charge in [0.1, 0.15) is 5.82 Å². The number of rotatable bonds is 4. The largest absolute Gasteiger partial charge is 0.205 e. The molecule has 2 aromatic rings. The van der Waals surface area contributed by atoms with E-state index in [2.05, 4.69) is 30.9 Å². The van der Waals surface area contributed by atoms with E-state index in [0.717, 1.165) is 12.0 Å². The number of unbranched alkanes of at least 4 members (excludes halogenated alkanes) is 2. The highest BCUT2D eigenvalue weighted by Crippen LogP contribution is 2.15. The van der Waals surface area contributed by atoms with Crippen LogP contribution in [0.25, 0.3) is 0 Å². The Morgan fingerprint density at radius 2 is 1.62 bits per heavy atom. The number of aryl methyl sites for hydroxylation is 1. The third-order valence-electron chi connectivity index (χ3n) is 3.29. The molecule has 0 saturated carbocycles. The summed E-state index contributed by atoms with van der Waals surface area (Å²) in [5.74, 6) is 5.56. The van der Waals surface area contributed by atoms with Crippen LogP contribution in [0.4, 0.5) is 4.39 Å². The van der Waals surface area contributed by atoms with E-state index in [1.165, 1.54) is 37.0 Å². The fraction of sp³-hybridized carbons (Fsp3) is 0.263. The molecule has 0 amide bonds. The van der Waals surface area contributed by atoms with Crippen molar-refractivity contribution in [3.63, 3.8) is 0 Å². The van der Waals surface area contributed by atoms with Crippen LogP contribution >= 0.6 is 11.6 Å². The standard InChI is InChI=1S/C19H18ClF/c1-2-3-4-5-15-6-8-16(9-7-15)10-11-17-12-13-18(20)19(21)14-17/h6-9,12-14H,2-5H2,1H3. The Morgan fingerprint density at radius 1 is 0.952 bits per heavy atom. The third-order valence-corrected chi connectivity index (χ3v) is 3.60. The van der Waals surface area contributed by atoms with Gasteiger partial charge in [0, 0.05) is 11.1 Å². The second-order valence-corrected chi connectivity index (χ2v) is 5.44. The zero-order valence-electron chi connectivity index (χ0n) is 12.1. The second-order valence-electron chi connectivity index (χ2n) is 5.03. The van der Waals surface area contributed by atoms with E-state index >= 15 is 0 Å². The zero-order chi connectivity index (χ0) is 15.1. The molecule has 0 aliphatic heterocycles. The lowest BCUT2D eigenvalue weighted by molar-refractivity contribution is 0.628. The zero-order valence-corrected chi connectivity index (χ0v) is 12.9. The van der Waals surface area contributed by atoms with Crippen LogP contribution in [0.15, 0.2) is 42.5 Å². The number of hydrogen-bond acceptors (Lipinski definition) is 0. The van der Waals surface area contributed by atoms with Gasteiger partial charge in [-0.15, -0.1) is 0 Å². The summed E-state index contributed by atoms with van der Waals surface area (Å²) in [6.45, 7) is 2.21. The number of benzene rings is 2. The molecule has 0 N–H and O–H groups in total. The van der Waals surface area contributed by atoms with Crippen molar-refractivity contribution in [3.8, 4) is 11.8 Å². The van der Waals surface area contributed by atoms with Crippen molar-refractivity contribution in [2.45, 2.75) is 32.6 Å². The van der Waals surface area contributed by atoms with Gasteiger partial charge in [-0.05, 0) is 48.7 Å². The van der Waals surface area contributed by atoms with Crippen LogP contribution in [-0.4, -0.2) is 0 Å². The minimum atomic E-state index is -0.435. The smallest absolute Gasteiger partial charge is 0.143 e. The van der Waals surface area contributed by atoms with Crippen molar-refractivity contribution < 1.29 is 4.39 Å². The van der Waals surface area contributed by atoms with Gasteiger partial charge < -0.3 is 0 Å². The van der Waals surface area contributed by atoms with Crippen molar-refractivity contribution in [3.05, 3.63) is 70.0 Å². The molecule has 0 heterocycles. The topological polar surface area (TPSA) is 0 Å². The van der Waals surface area contributed by atoms with Crippen LogP contribution in [0.1, 0.15) is 42.9 Å². The normalized spacial score (nSPS) is 10.0. The quantitative estimate of drug-likeness (QED) is 0.508. The summed E-state index contributed by atoms with van der Waals surface area (Å²) in [5.41, 5.74) is 2.90. The van der Waals surface area contributed by atoms with Gasteiger partial charge in [0.05, 0.1) is 5.02 Å². The Hall–Kier alpha value is -1.78. The molecule has 2 rings (SSSR count). The first-order valence-corrected chi connectivity index (χ1v) is 7.63. The van der Waals surface area contributed by atoms with E-state index in [0.29, 0.717) is 5.56 Å². The Kier molecular flexibility index (Phi) is 5.84. The van der Waals surface area contributed by atoms with E-state index in [4.69, 9.17) is 11.6 Å². The molecule has 0 bridgehead atoms. The lowest BCUT2D eigenvalue weighted by Gasteiger charge is -2.00. The van der Waals surface area contributed by atoms with Crippen LogP contribution in [-0.2, 0) is 6.42 Å². The molecule has 0 atom stereocenters. The molecule has 0 aromatic heterocycles. The van der Waals surface area contributed by atoms with Crippen molar-refractivity contribution in [1.29, 1.82) is 0 Å². The Morgan fingerprint density at radius 3 is 2.29 bits per heavy atom. The maximum absolute atomic E-state index is 13.3. The molecule has 0 aliphatic rings. The monoisotopic (exact) mass is 300 g/mol. The fourth-order valence-corrected chi connectivity index (χ4v) is 2.17. The Balaban J connectivity index is 2.03. The van der Waals surface area contributed by atoms with E-state index < -0.39 is 5.82 Å². The molecule has 2 aromatic carbocycles. The summed E-state index contributed by atoms with van der Waals surface area (Å²) in [6.07, 6.45) is 4.85. The Labute approximate surface area is 131 Å². The van der Waals surface area contributed by atoms with E-state index in [1.807, 2.05) is 12.1 Å². The molecule has 0 spiro atoms. The molecule has 0 nitrogen and oxygen atoms in total. The van der Waals surface area contributed by atoms with Crippen LogP contribution in [0, 0.1) is 17.7 Å². The average molecular weight is 301 g/mol. The molecule has 0 fully saturated rings. The molecule has 0 radical (unpaired) electrons. The summed E-state index contributed by atoms with van der Waals surface area (Å²) in [7, 11) is 0. The molecule has 0 aliphatic carbocycles. The number of halogens is 2. The Bertz CT molecular complexity index is 648. The predicted molar refractivity (Wildman–Crippen MR) is 87.1 cm³/mol. The molecule has 108 valence electrons. The maximum Gasteiger partial charge on any atom is 0.143 e. The van der Waals surface area contributed by atoms with E-state index in [-0.39, 0.29) is 5.02 Å². The highest BCUT2D eigenvalue weighted by molar-refractivity contribution is 6.30. The minimum Gasteiger partial charge on any atom is -0.205 e. The van der Waals surface area contributed by atoms with Gasteiger partial charge in [0.2, 0.25) is 0 Å².